The smallest absolute Gasteiger partial charge is 0.0986 e. The van der Waals surface area contributed by atoms with Crippen LogP contribution < -0.4 is 0 Å². The van der Waals surface area contributed by atoms with Gasteiger partial charge in [0.1, 0.15) is 0 Å². The maximum absolute atomic E-state index is 5.39. The minimum absolute atomic E-state index is 0.893. The summed E-state index contributed by atoms with van der Waals surface area (Å²) in [5.74, 6) is 0. The van der Waals surface area contributed by atoms with Gasteiger partial charge in [-0.2, -0.15) is 0 Å². The number of rotatable bonds is 3. The molecule has 0 radical (unpaired) electrons. The van der Waals surface area contributed by atoms with E-state index in [1.807, 2.05) is 23.5 Å². The summed E-state index contributed by atoms with van der Waals surface area (Å²) in [6.45, 7) is 0. The first-order chi connectivity index (χ1) is 21.3. The second-order valence-corrected chi connectivity index (χ2v) is 12.1. The second-order valence-electron chi connectivity index (χ2n) is 11.0. The lowest BCUT2D eigenvalue weighted by atomic mass is 9.92. The summed E-state index contributed by atoms with van der Waals surface area (Å²) in [6.07, 6.45) is 0. The first-order valence-corrected chi connectivity index (χ1v) is 15.3. The number of hydrogen-bond acceptors (Lipinski definition) is 3. The van der Waals surface area contributed by atoms with Crippen LogP contribution in [-0.2, 0) is 0 Å². The Balaban J connectivity index is 1.37. The van der Waals surface area contributed by atoms with Crippen LogP contribution in [0.25, 0.3) is 86.4 Å². The summed E-state index contributed by atoms with van der Waals surface area (Å²) in [5, 5.41) is 7.38. The van der Waals surface area contributed by atoms with Crippen molar-refractivity contribution < 1.29 is 0 Å². The van der Waals surface area contributed by atoms with Crippen LogP contribution in [0.2, 0.25) is 0 Å². The van der Waals surface area contributed by atoms with Gasteiger partial charge in [-0.15, -0.1) is 11.3 Å². The van der Waals surface area contributed by atoms with Crippen molar-refractivity contribution in [1.82, 2.24) is 9.97 Å². The minimum Gasteiger partial charge on any atom is -0.244 e. The fourth-order valence-electron chi connectivity index (χ4n) is 6.39. The molecular weight excluding hydrogens is 541 g/mol. The molecule has 0 aliphatic rings. The van der Waals surface area contributed by atoms with Crippen molar-refractivity contribution in [3.63, 3.8) is 0 Å². The summed E-state index contributed by atoms with van der Waals surface area (Å²) in [7, 11) is 0. The molecule has 0 aliphatic carbocycles. The molecule has 43 heavy (non-hydrogen) atoms. The highest BCUT2D eigenvalue weighted by molar-refractivity contribution is 7.26. The van der Waals surface area contributed by atoms with Crippen LogP contribution in [0.15, 0.2) is 146 Å². The molecule has 2 aromatic heterocycles. The quantitative estimate of drug-likeness (QED) is 0.213. The molecule has 9 aromatic rings. The Bertz CT molecular complexity index is 2520. The lowest BCUT2D eigenvalue weighted by Crippen LogP contribution is -1.97. The SMILES string of the molecule is c1cc(-c2ccc3ccccc3c2)cc(-c2nc3ccccc3nc2-c2c3ccccc3cc3sc4ccccc4c23)c1. The molecule has 200 valence electrons. The van der Waals surface area contributed by atoms with E-state index in [0.717, 1.165) is 39.1 Å². The van der Waals surface area contributed by atoms with Crippen molar-refractivity contribution in [2.24, 2.45) is 0 Å². The van der Waals surface area contributed by atoms with E-state index in [9.17, 15) is 0 Å². The minimum atomic E-state index is 0.893. The Labute approximate surface area is 252 Å². The van der Waals surface area contributed by atoms with Crippen molar-refractivity contribution in [2.45, 2.75) is 0 Å². The van der Waals surface area contributed by atoms with Crippen LogP contribution in [0.3, 0.4) is 0 Å². The standard InChI is InChI=1S/C40H24N2S/c1-2-11-26-22-28(21-20-25(26)10-1)27-13-9-14-30(23-27)39-40(42-34-18-7-6-17-33(34)41-39)38-31-15-4-3-12-29(31)24-36-37(38)32-16-5-8-19-35(32)43-36/h1-24H. The van der Waals surface area contributed by atoms with E-state index >= 15 is 0 Å². The normalized spacial score (nSPS) is 11.7. The van der Waals surface area contributed by atoms with Crippen molar-refractivity contribution in [2.75, 3.05) is 0 Å². The molecule has 2 heterocycles. The van der Waals surface area contributed by atoms with E-state index < -0.39 is 0 Å². The van der Waals surface area contributed by atoms with Crippen molar-refractivity contribution in [3.8, 4) is 33.6 Å². The van der Waals surface area contributed by atoms with Gasteiger partial charge in [0.15, 0.2) is 0 Å². The Morgan fingerprint density at radius 2 is 1.05 bits per heavy atom. The van der Waals surface area contributed by atoms with Gasteiger partial charge in [-0.25, -0.2) is 9.97 Å². The molecule has 0 unspecified atom stereocenters. The molecule has 2 nitrogen and oxygen atoms in total. The van der Waals surface area contributed by atoms with Crippen LogP contribution in [0, 0.1) is 0 Å². The van der Waals surface area contributed by atoms with Gasteiger partial charge in [0.05, 0.1) is 22.4 Å². The number of para-hydroxylation sites is 2. The molecule has 9 rings (SSSR count). The maximum Gasteiger partial charge on any atom is 0.0986 e. The van der Waals surface area contributed by atoms with Gasteiger partial charge in [0, 0.05) is 31.3 Å². The first-order valence-electron chi connectivity index (χ1n) is 14.5. The molecule has 3 heteroatoms. The third-order valence-corrected chi connectivity index (χ3v) is 9.53. The Hall–Kier alpha value is -5.38. The van der Waals surface area contributed by atoms with E-state index in [4.69, 9.17) is 9.97 Å². The van der Waals surface area contributed by atoms with Gasteiger partial charge >= 0.3 is 0 Å². The van der Waals surface area contributed by atoms with Gasteiger partial charge in [-0.1, -0.05) is 109 Å². The zero-order chi connectivity index (χ0) is 28.3. The molecule has 0 spiro atoms. The lowest BCUT2D eigenvalue weighted by Gasteiger charge is -2.15. The van der Waals surface area contributed by atoms with Crippen LogP contribution in [0.5, 0.6) is 0 Å². The maximum atomic E-state index is 5.39. The third-order valence-electron chi connectivity index (χ3n) is 8.42. The highest BCUT2D eigenvalue weighted by Crippen LogP contribution is 2.46. The molecule has 0 N–H and O–H groups in total. The molecule has 0 fully saturated rings. The van der Waals surface area contributed by atoms with Crippen LogP contribution in [0.4, 0.5) is 0 Å². The summed E-state index contributed by atoms with van der Waals surface area (Å²) in [4.78, 5) is 10.7. The van der Waals surface area contributed by atoms with E-state index in [0.29, 0.717) is 0 Å². The Morgan fingerprint density at radius 3 is 1.91 bits per heavy atom. The van der Waals surface area contributed by atoms with Crippen molar-refractivity contribution in [3.05, 3.63) is 146 Å². The summed E-state index contributed by atoms with van der Waals surface area (Å²) in [5.41, 5.74) is 8.15. The fourth-order valence-corrected chi connectivity index (χ4v) is 7.55. The molecular formula is C40H24N2S. The number of thiophene rings is 1. The predicted octanol–water partition coefficient (Wildman–Crippen LogP) is 11.3. The van der Waals surface area contributed by atoms with E-state index in [2.05, 4.69) is 133 Å². The van der Waals surface area contributed by atoms with Gasteiger partial charge in [-0.3, -0.25) is 0 Å². The summed E-state index contributed by atoms with van der Waals surface area (Å²) in [6, 6.07) is 51.9. The van der Waals surface area contributed by atoms with Crippen LogP contribution in [0.1, 0.15) is 0 Å². The highest BCUT2D eigenvalue weighted by Gasteiger charge is 2.21. The topological polar surface area (TPSA) is 25.8 Å². The zero-order valence-electron chi connectivity index (χ0n) is 23.2. The molecule has 0 bridgehead atoms. The van der Waals surface area contributed by atoms with E-state index in [1.54, 1.807) is 0 Å². The number of fused-ring (bicyclic) bond motifs is 6. The first kappa shape index (κ1) is 24.2. The van der Waals surface area contributed by atoms with Crippen molar-refractivity contribution >= 4 is 64.1 Å². The molecule has 0 saturated carbocycles. The molecule has 0 aliphatic heterocycles. The number of aromatic nitrogens is 2. The third kappa shape index (κ3) is 3.93. The van der Waals surface area contributed by atoms with Gasteiger partial charge < -0.3 is 0 Å². The zero-order valence-corrected chi connectivity index (χ0v) is 24.0. The fraction of sp³-hybridized carbons (Fsp3) is 0. The summed E-state index contributed by atoms with van der Waals surface area (Å²) >= 11 is 1.84. The summed E-state index contributed by atoms with van der Waals surface area (Å²) < 4.78 is 2.54. The van der Waals surface area contributed by atoms with Crippen LogP contribution >= 0.6 is 11.3 Å². The Morgan fingerprint density at radius 1 is 0.395 bits per heavy atom. The molecule has 7 aromatic carbocycles. The predicted molar refractivity (Wildman–Crippen MR) is 184 cm³/mol. The molecule has 0 saturated heterocycles. The van der Waals surface area contributed by atoms with Gasteiger partial charge in [0.25, 0.3) is 0 Å². The highest BCUT2D eigenvalue weighted by atomic mass is 32.1. The Kier molecular flexibility index (Phi) is 5.40. The number of nitrogens with zero attached hydrogens (tertiary/aromatic N) is 2. The lowest BCUT2D eigenvalue weighted by molar-refractivity contribution is 1.30. The average molecular weight is 565 g/mol. The van der Waals surface area contributed by atoms with Gasteiger partial charge in [0.2, 0.25) is 0 Å². The second kappa shape index (κ2) is 9.59. The largest absolute Gasteiger partial charge is 0.244 e. The van der Waals surface area contributed by atoms with Crippen molar-refractivity contribution in [1.29, 1.82) is 0 Å². The van der Waals surface area contributed by atoms with E-state index in [1.165, 1.54) is 47.3 Å². The van der Waals surface area contributed by atoms with E-state index in [-0.39, 0.29) is 0 Å². The number of benzene rings is 7. The molecule has 0 amide bonds. The monoisotopic (exact) mass is 564 g/mol. The average Bonchev–Trinajstić information content (AvgIpc) is 3.44. The number of hydrogen-bond donors (Lipinski definition) is 0. The van der Waals surface area contributed by atoms with Crippen LogP contribution in [-0.4, -0.2) is 9.97 Å². The van der Waals surface area contributed by atoms with Gasteiger partial charge in [-0.05, 0) is 69.1 Å². The molecule has 0 atom stereocenters.